The van der Waals surface area contributed by atoms with Gasteiger partial charge in [0.05, 0.1) is 6.54 Å². The van der Waals surface area contributed by atoms with Gasteiger partial charge in [-0.3, -0.25) is 0 Å². The Balaban J connectivity index is 1.58. The molecule has 0 spiro atoms. The second-order valence-corrected chi connectivity index (χ2v) is 5.10. The molecular weight excluding hydrogens is 238 g/mol. The summed E-state index contributed by atoms with van der Waals surface area (Å²) < 4.78 is 5.32. The molecule has 4 heteroatoms. The number of aromatic nitrogens is 2. The molecule has 1 fully saturated rings. The lowest BCUT2D eigenvalue weighted by atomic mass is 9.89. The molecule has 1 aliphatic rings. The van der Waals surface area contributed by atoms with Gasteiger partial charge in [-0.1, -0.05) is 42.6 Å². The Morgan fingerprint density at radius 2 is 1.89 bits per heavy atom. The predicted octanol–water partition coefficient (Wildman–Crippen LogP) is 3.73. The first-order valence-electron chi connectivity index (χ1n) is 7.03. The third-order valence-electron chi connectivity index (χ3n) is 3.67. The SMILES string of the molecule is c1ccc(NCc2nc(C3CCCCC3)no2)cc1. The molecule has 0 saturated heterocycles. The Hall–Kier alpha value is -1.84. The Morgan fingerprint density at radius 1 is 1.11 bits per heavy atom. The highest BCUT2D eigenvalue weighted by Crippen LogP contribution is 2.30. The molecule has 0 unspecified atom stereocenters. The van der Waals surface area contributed by atoms with Crippen LogP contribution in [0, 0.1) is 0 Å². The summed E-state index contributed by atoms with van der Waals surface area (Å²) in [6.07, 6.45) is 6.32. The van der Waals surface area contributed by atoms with E-state index in [2.05, 4.69) is 15.5 Å². The predicted molar refractivity (Wildman–Crippen MR) is 73.9 cm³/mol. The molecule has 19 heavy (non-hydrogen) atoms. The number of nitrogens with one attached hydrogen (secondary N) is 1. The first-order chi connectivity index (χ1) is 9.42. The lowest BCUT2D eigenvalue weighted by molar-refractivity contribution is 0.361. The van der Waals surface area contributed by atoms with Crippen LogP contribution in [0.4, 0.5) is 5.69 Å². The minimum absolute atomic E-state index is 0.503. The second kappa shape index (κ2) is 5.87. The van der Waals surface area contributed by atoms with E-state index in [1.54, 1.807) is 0 Å². The van der Waals surface area contributed by atoms with Gasteiger partial charge in [0.2, 0.25) is 5.89 Å². The summed E-state index contributed by atoms with van der Waals surface area (Å²) in [6.45, 7) is 0.587. The molecule has 0 atom stereocenters. The molecule has 1 aromatic heterocycles. The molecule has 1 saturated carbocycles. The van der Waals surface area contributed by atoms with Gasteiger partial charge in [-0.25, -0.2) is 0 Å². The fourth-order valence-electron chi connectivity index (χ4n) is 2.60. The van der Waals surface area contributed by atoms with Crippen LogP contribution in [-0.2, 0) is 6.54 Å². The summed E-state index contributed by atoms with van der Waals surface area (Å²) in [4.78, 5) is 4.51. The quantitative estimate of drug-likeness (QED) is 0.906. The van der Waals surface area contributed by atoms with Crippen LogP contribution in [0.5, 0.6) is 0 Å². The highest BCUT2D eigenvalue weighted by molar-refractivity contribution is 5.42. The molecule has 1 aliphatic carbocycles. The number of para-hydroxylation sites is 1. The smallest absolute Gasteiger partial charge is 0.245 e. The molecule has 4 nitrogen and oxygen atoms in total. The second-order valence-electron chi connectivity index (χ2n) is 5.10. The van der Waals surface area contributed by atoms with E-state index in [1.165, 1.54) is 32.1 Å². The fourth-order valence-corrected chi connectivity index (χ4v) is 2.60. The van der Waals surface area contributed by atoms with Gasteiger partial charge >= 0.3 is 0 Å². The minimum Gasteiger partial charge on any atom is -0.376 e. The highest BCUT2D eigenvalue weighted by atomic mass is 16.5. The van der Waals surface area contributed by atoms with E-state index in [4.69, 9.17) is 4.52 Å². The van der Waals surface area contributed by atoms with Crippen molar-refractivity contribution in [3.8, 4) is 0 Å². The highest BCUT2D eigenvalue weighted by Gasteiger charge is 2.20. The molecule has 2 aromatic rings. The van der Waals surface area contributed by atoms with Gasteiger partial charge in [0.15, 0.2) is 5.82 Å². The van der Waals surface area contributed by atoms with Gasteiger partial charge in [-0.05, 0) is 25.0 Å². The Labute approximate surface area is 113 Å². The van der Waals surface area contributed by atoms with Crippen LogP contribution in [0.15, 0.2) is 34.9 Å². The van der Waals surface area contributed by atoms with Gasteiger partial charge in [-0.15, -0.1) is 0 Å². The van der Waals surface area contributed by atoms with E-state index in [-0.39, 0.29) is 0 Å². The third-order valence-corrected chi connectivity index (χ3v) is 3.67. The van der Waals surface area contributed by atoms with Crippen molar-refractivity contribution in [2.24, 2.45) is 0 Å². The fraction of sp³-hybridized carbons (Fsp3) is 0.467. The summed E-state index contributed by atoms with van der Waals surface area (Å²) in [6, 6.07) is 10.1. The van der Waals surface area contributed by atoms with E-state index >= 15 is 0 Å². The first-order valence-corrected chi connectivity index (χ1v) is 7.03. The third kappa shape index (κ3) is 3.13. The maximum atomic E-state index is 5.32. The standard InChI is InChI=1S/C15H19N3O/c1-3-7-12(8-4-1)15-17-14(19-18-15)11-16-13-9-5-2-6-10-13/h2,5-6,9-10,12,16H,1,3-4,7-8,11H2. The molecular formula is C15H19N3O. The molecule has 100 valence electrons. The van der Waals surface area contributed by atoms with Gasteiger partial charge in [0, 0.05) is 11.6 Å². The van der Waals surface area contributed by atoms with Crippen LogP contribution in [0.3, 0.4) is 0 Å². The summed E-state index contributed by atoms with van der Waals surface area (Å²) in [5, 5.41) is 7.41. The molecule has 1 heterocycles. The van der Waals surface area contributed by atoms with E-state index in [0.717, 1.165) is 11.5 Å². The molecule has 1 N–H and O–H groups in total. The van der Waals surface area contributed by atoms with Gasteiger partial charge in [0.1, 0.15) is 0 Å². The van der Waals surface area contributed by atoms with Crippen LogP contribution in [0.25, 0.3) is 0 Å². The van der Waals surface area contributed by atoms with Crippen molar-refractivity contribution < 1.29 is 4.52 Å². The van der Waals surface area contributed by atoms with Crippen molar-refractivity contribution in [1.82, 2.24) is 10.1 Å². The molecule has 0 radical (unpaired) electrons. The van der Waals surface area contributed by atoms with Gasteiger partial charge in [-0.2, -0.15) is 4.98 Å². The zero-order chi connectivity index (χ0) is 12.9. The van der Waals surface area contributed by atoms with Gasteiger partial charge in [0.25, 0.3) is 0 Å². The van der Waals surface area contributed by atoms with Gasteiger partial charge < -0.3 is 9.84 Å². The van der Waals surface area contributed by atoms with Crippen molar-refractivity contribution in [3.05, 3.63) is 42.0 Å². The molecule has 0 amide bonds. The maximum absolute atomic E-state index is 5.32. The average Bonchev–Trinajstić information content (AvgIpc) is 2.96. The summed E-state index contributed by atoms with van der Waals surface area (Å²) in [5.41, 5.74) is 1.07. The Morgan fingerprint density at radius 3 is 2.68 bits per heavy atom. The van der Waals surface area contributed by atoms with Crippen LogP contribution < -0.4 is 5.32 Å². The Kier molecular flexibility index (Phi) is 3.77. The first kappa shape index (κ1) is 12.2. The van der Waals surface area contributed by atoms with Crippen molar-refractivity contribution in [2.75, 3.05) is 5.32 Å². The van der Waals surface area contributed by atoms with Crippen molar-refractivity contribution >= 4 is 5.69 Å². The average molecular weight is 257 g/mol. The molecule has 0 aliphatic heterocycles. The summed E-state index contributed by atoms with van der Waals surface area (Å²) >= 11 is 0. The van der Waals surface area contributed by atoms with Crippen LogP contribution in [-0.4, -0.2) is 10.1 Å². The molecule has 1 aromatic carbocycles. The Bertz CT molecular complexity index is 503. The largest absolute Gasteiger partial charge is 0.376 e. The number of rotatable bonds is 4. The zero-order valence-electron chi connectivity index (χ0n) is 11.0. The lowest BCUT2D eigenvalue weighted by Crippen LogP contribution is -2.06. The summed E-state index contributed by atoms with van der Waals surface area (Å²) in [7, 11) is 0. The number of hydrogen-bond acceptors (Lipinski definition) is 4. The minimum atomic E-state index is 0.503. The van der Waals surface area contributed by atoms with Crippen LogP contribution in [0.2, 0.25) is 0 Å². The molecule has 0 bridgehead atoms. The van der Waals surface area contributed by atoms with E-state index < -0.39 is 0 Å². The number of anilines is 1. The van der Waals surface area contributed by atoms with Crippen molar-refractivity contribution in [3.63, 3.8) is 0 Å². The van der Waals surface area contributed by atoms with E-state index in [1.807, 2.05) is 30.3 Å². The normalized spacial score (nSPS) is 16.4. The zero-order valence-corrected chi connectivity index (χ0v) is 11.0. The monoisotopic (exact) mass is 257 g/mol. The molecule has 3 rings (SSSR count). The van der Waals surface area contributed by atoms with E-state index in [9.17, 15) is 0 Å². The number of nitrogens with zero attached hydrogens (tertiary/aromatic N) is 2. The van der Waals surface area contributed by atoms with Crippen LogP contribution >= 0.6 is 0 Å². The van der Waals surface area contributed by atoms with Crippen molar-refractivity contribution in [1.29, 1.82) is 0 Å². The maximum Gasteiger partial charge on any atom is 0.245 e. The topological polar surface area (TPSA) is 51.0 Å². The number of benzene rings is 1. The number of hydrogen-bond donors (Lipinski definition) is 1. The van der Waals surface area contributed by atoms with Crippen LogP contribution in [0.1, 0.15) is 49.7 Å². The van der Waals surface area contributed by atoms with E-state index in [0.29, 0.717) is 18.4 Å². The lowest BCUT2D eigenvalue weighted by Gasteiger charge is -2.17. The van der Waals surface area contributed by atoms with Crippen molar-refractivity contribution in [2.45, 2.75) is 44.6 Å². The summed E-state index contributed by atoms with van der Waals surface area (Å²) in [5.74, 6) is 2.07.